The molecule has 1 heterocycles. The number of carbonyl (C=O) groups is 1. The molecule has 0 atom stereocenters. The molecule has 2 N–H and O–H groups in total. The molecule has 1 amide bonds. The van der Waals surface area contributed by atoms with Crippen LogP contribution in [0.4, 0.5) is 5.69 Å². The summed E-state index contributed by atoms with van der Waals surface area (Å²) in [5.41, 5.74) is 1.68. The monoisotopic (exact) mass is 339 g/mol. The molecule has 25 heavy (non-hydrogen) atoms. The molecule has 1 aliphatic heterocycles. The number of nitrogens with zero attached hydrogens (tertiary/aromatic N) is 1. The summed E-state index contributed by atoms with van der Waals surface area (Å²) in [6.45, 7) is 1.64. The lowest BCUT2D eigenvalue weighted by molar-refractivity contribution is -0.118. The zero-order valence-electron chi connectivity index (χ0n) is 14.1. The van der Waals surface area contributed by atoms with E-state index in [1.165, 1.54) is 0 Å². The van der Waals surface area contributed by atoms with Gasteiger partial charge in [0.1, 0.15) is 5.84 Å². The van der Waals surface area contributed by atoms with Gasteiger partial charge in [-0.3, -0.25) is 9.79 Å². The predicted molar refractivity (Wildman–Crippen MR) is 97.6 cm³/mol. The molecule has 0 aliphatic carbocycles. The molecule has 0 unspecified atom stereocenters. The fourth-order valence-corrected chi connectivity index (χ4v) is 2.52. The maximum atomic E-state index is 12.0. The van der Waals surface area contributed by atoms with Crippen LogP contribution in [0.3, 0.4) is 0 Å². The van der Waals surface area contributed by atoms with Crippen LogP contribution in [0.25, 0.3) is 0 Å². The van der Waals surface area contributed by atoms with E-state index < -0.39 is 0 Å². The highest BCUT2D eigenvalue weighted by atomic mass is 16.5. The lowest BCUT2D eigenvalue weighted by Gasteiger charge is -2.16. The highest BCUT2D eigenvalue weighted by Gasteiger charge is 2.13. The first-order chi connectivity index (χ1) is 12.3. The number of amides is 1. The molecular weight excluding hydrogens is 318 g/mol. The molecule has 0 spiro atoms. The molecule has 2 aromatic rings. The standard InChI is InChI=1S/C19H21N3O3/c1-24-17-12-14(19-20-10-5-11-21-19)8-9-16(17)25-13-18(23)22-15-6-3-2-4-7-15/h2-4,6-9,12H,5,10-11,13H2,1H3,(H,20,21)(H,22,23). The summed E-state index contributed by atoms with van der Waals surface area (Å²) in [5.74, 6) is 1.72. The second kappa shape index (κ2) is 8.19. The number of rotatable bonds is 6. The summed E-state index contributed by atoms with van der Waals surface area (Å²) in [6, 6.07) is 14.8. The number of carbonyl (C=O) groups excluding carboxylic acids is 1. The van der Waals surface area contributed by atoms with Gasteiger partial charge in [-0.25, -0.2) is 0 Å². The molecule has 2 aromatic carbocycles. The van der Waals surface area contributed by atoms with Gasteiger partial charge in [-0.1, -0.05) is 18.2 Å². The van der Waals surface area contributed by atoms with Crippen molar-refractivity contribution in [2.75, 3.05) is 32.1 Å². The quantitative estimate of drug-likeness (QED) is 0.848. The predicted octanol–water partition coefficient (Wildman–Crippen LogP) is 2.45. The summed E-state index contributed by atoms with van der Waals surface area (Å²) in [7, 11) is 1.58. The van der Waals surface area contributed by atoms with Crippen LogP contribution in [0.1, 0.15) is 12.0 Å². The van der Waals surface area contributed by atoms with Crippen LogP contribution >= 0.6 is 0 Å². The number of benzene rings is 2. The Morgan fingerprint density at radius 3 is 2.76 bits per heavy atom. The van der Waals surface area contributed by atoms with Crippen LogP contribution in [-0.2, 0) is 4.79 Å². The molecule has 1 aliphatic rings. The van der Waals surface area contributed by atoms with Crippen molar-refractivity contribution in [1.82, 2.24) is 5.32 Å². The number of hydrogen-bond acceptors (Lipinski definition) is 5. The molecule has 0 bridgehead atoms. The van der Waals surface area contributed by atoms with Gasteiger partial charge in [0.25, 0.3) is 5.91 Å². The number of amidine groups is 1. The summed E-state index contributed by atoms with van der Waals surface area (Å²) in [6.07, 6.45) is 1.04. The highest BCUT2D eigenvalue weighted by molar-refractivity contribution is 5.99. The fourth-order valence-electron chi connectivity index (χ4n) is 2.52. The summed E-state index contributed by atoms with van der Waals surface area (Å²) < 4.78 is 11.0. The number of hydrogen-bond donors (Lipinski definition) is 2. The van der Waals surface area contributed by atoms with Crippen LogP contribution in [0.5, 0.6) is 11.5 Å². The van der Waals surface area contributed by atoms with E-state index in [0.29, 0.717) is 11.5 Å². The fraction of sp³-hybridized carbons (Fsp3) is 0.263. The zero-order chi connectivity index (χ0) is 17.5. The Hall–Kier alpha value is -3.02. The van der Waals surface area contributed by atoms with E-state index in [9.17, 15) is 4.79 Å². The number of anilines is 1. The third-order valence-electron chi connectivity index (χ3n) is 3.75. The minimum absolute atomic E-state index is 0.0935. The molecular formula is C19H21N3O3. The Labute approximate surface area is 146 Å². The second-order valence-electron chi connectivity index (χ2n) is 5.58. The third-order valence-corrected chi connectivity index (χ3v) is 3.75. The first kappa shape index (κ1) is 16.8. The van der Waals surface area contributed by atoms with E-state index in [1.54, 1.807) is 13.2 Å². The maximum Gasteiger partial charge on any atom is 0.262 e. The van der Waals surface area contributed by atoms with Gasteiger partial charge in [0.15, 0.2) is 18.1 Å². The summed E-state index contributed by atoms with van der Waals surface area (Å²) in [4.78, 5) is 16.5. The lowest BCUT2D eigenvalue weighted by atomic mass is 10.1. The van der Waals surface area contributed by atoms with Gasteiger partial charge in [-0.05, 0) is 36.8 Å². The van der Waals surface area contributed by atoms with E-state index in [2.05, 4.69) is 15.6 Å². The smallest absolute Gasteiger partial charge is 0.262 e. The molecule has 6 heteroatoms. The SMILES string of the molecule is COc1cc(C2=NCCCN2)ccc1OCC(=O)Nc1ccccc1. The first-order valence-electron chi connectivity index (χ1n) is 8.20. The number of ether oxygens (including phenoxy) is 2. The van der Waals surface area contributed by atoms with Crippen molar-refractivity contribution in [2.24, 2.45) is 4.99 Å². The van der Waals surface area contributed by atoms with E-state index >= 15 is 0 Å². The van der Waals surface area contributed by atoms with Crippen LogP contribution in [0.2, 0.25) is 0 Å². The van der Waals surface area contributed by atoms with E-state index in [-0.39, 0.29) is 12.5 Å². The topological polar surface area (TPSA) is 71.9 Å². The minimum Gasteiger partial charge on any atom is -0.493 e. The second-order valence-corrected chi connectivity index (χ2v) is 5.58. The minimum atomic E-state index is -0.226. The van der Waals surface area contributed by atoms with Crippen molar-refractivity contribution in [3.05, 3.63) is 54.1 Å². The van der Waals surface area contributed by atoms with Crippen molar-refractivity contribution < 1.29 is 14.3 Å². The van der Waals surface area contributed by atoms with Crippen molar-refractivity contribution in [1.29, 1.82) is 0 Å². The summed E-state index contributed by atoms with van der Waals surface area (Å²) >= 11 is 0. The Bertz CT molecular complexity index is 760. The molecule has 0 fully saturated rings. The van der Waals surface area contributed by atoms with Crippen molar-refractivity contribution in [3.8, 4) is 11.5 Å². The van der Waals surface area contributed by atoms with E-state index in [1.807, 2.05) is 42.5 Å². The van der Waals surface area contributed by atoms with Gasteiger partial charge in [-0.2, -0.15) is 0 Å². The highest BCUT2D eigenvalue weighted by Crippen LogP contribution is 2.28. The molecule has 0 aromatic heterocycles. The Balaban J connectivity index is 1.64. The van der Waals surface area contributed by atoms with Gasteiger partial charge in [-0.15, -0.1) is 0 Å². The largest absolute Gasteiger partial charge is 0.493 e. The molecule has 0 saturated heterocycles. The summed E-state index contributed by atoms with van der Waals surface area (Å²) in [5, 5.41) is 6.05. The third kappa shape index (κ3) is 4.50. The van der Waals surface area contributed by atoms with Gasteiger partial charge >= 0.3 is 0 Å². The number of aliphatic imine (C=N–C) groups is 1. The average molecular weight is 339 g/mol. The van der Waals surface area contributed by atoms with Gasteiger partial charge in [0.05, 0.1) is 7.11 Å². The Kier molecular flexibility index (Phi) is 5.51. The number of nitrogens with one attached hydrogen (secondary N) is 2. The first-order valence-corrected chi connectivity index (χ1v) is 8.20. The maximum absolute atomic E-state index is 12.0. The zero-order valence-corrected chi connectivity index (χ0v) is 14.1. The van der Waals surface area contributed by atoms with Crippen LogP contribution in [-0.4, -0.2) is 38.5 Å². The average Bonchev–Trinajstić information content (AvgIpc) is 2.67. The van der Waals surface area contributed by atoms with E-state index in [4.69, 9.17) is 9.47 Å². The lowest BCUT2D eigenvalue weighted by Crippen LogP contribution is -2.30. The van der Waals surface area contributed by atoms with E-state index in [0.717, 1.165) is 36.6 Å². The van der Waals surface area contributed by atoms with Crippen molar-refractivity contribution in [3.63, 3.8) is 0 Å². The molecule has 6 nitrogen and oxygen atoms in total. The Morgan fingerprint density at radius 2 is 2.04 bits per heavy atom. The van der Waals surface area contributed by atoms with Crippen LogP contribution < -0.4 is 20.1 Å². The molecule has 130 valence electrons. The molecule has 0 saturated carbocycles. The van der Waals surface area contributed by atoms with Gasteiger partial charge in [0, 0.05) is 24.3 Å². The van der Waals surface area contributed by atoms with Crippen LogP contribution in [0.15, 0.2) is 53.5 Å². The van der Waals surface area contributed by atoms with Crippen LogP contribution in [0, 0.1) is 0 Å². The molecule has 0 radical (unpaired) electrons. The Morgan fingerprint density at radius 1 is 1.20 bits per heavy atom. The number of para-hydroxylation sites is 1. The normalized spacial score (nSPS) is 13.4. The molecule has 3 rings (SSSR count). The van der Waals surface area contributed by atoms with Crippen molar-refractivity contribution in [2.45, 2.75) is 6.42 Å². The van der Waals surface area contributed by atoms with Crippen molar-refractivity contribution >= 4 is 17.4 Å². The van der Waals surface area contributed by atoms with Gasteiger partial charge < -0.3 is 20.1 Å². The number of methoxy groups -OCH3 is 1. The van der Waals surface area contributed by atoms with Gasteiger partial charge in [0.2, 0.25) is 0 Å².